The van der Waals surface area contributed by atoms with E-state index in [2.05, 4.69) is 10.00 Å². The Hall–Kier alpha value is -2.42. The summed E-state index contributed by atoms with van der Waals surface area (Å²) in [6.45, 7) is 5.34. The van der Waals surface area contributed by atoms with Crippen LogP contribution in [0, 0.1) is 29.6 Å². The van der Waals surface area contributed by atoms with Crippen molar-refractivity contribution >= 4 is 5.91 Å². The van der Waals surface area contributed by atoms with Gasteiger partial charge in [-0.15, -0.1) is 0 Å². The van der Waals surface area contributed by atoms with Crippen LogP contribution in [0.2, 0.25) is 0 Å². The normalized spacial score (nSPS) is 17.9. The van der Waals surface area contributed by atoms with E-state index >= 15 is 0 Å². The lowest BCUT2D eigenvalue weighted by atomic mass is 10.2. The lowest BCUT2D eigenvalue weighted by molar-refractivity contribution is -0.130. The summed E-state index contributed by atoms with van der Waals surface area (Å²) in [4.78, 5) is 15.6. The third kappa shape index (κ3) is 5.34. The smallest absolute Gasteiger partial charge is 0.225 e. The van der Waals surface area contributed by atoms with Gasteiger partial charge in [-0.25, -0.2) is 0 Å². The second kappa shape index (κ2) is 9.02. The molecule has 1 aromatic rings. The van der Waals surface area contributed by atoms with E-state index in [9.17, 15) is 4.79 Å². The van der Waals surface area contributed by atoms with Crippen molar-refractivity contribution in [2.24, 2.45) is 0 Å². The van der Waals surface area contributed by atoms with Gasteiger partial charge in [0.2, 0.25) is 5.91 Å². The standard InChI is InChI=1S/C16H22N6O2/c1-14-10-19-22(11-14)13-15-12-20(8-9-24-15)5-2-16(23)21(6-3-17)7-4-18/h10-11,15H,2,5-9,12-13H2,1H3/t15-/m0/s1. The molecule has 0 radical (unpaired) electrons. The molecular weight excluding hydrogens is 308 g/mol. The van der Waals surface area contributed by atoms with E-state index < -0.39 is 0 Å². The summed E-state index contributed by atoms with van der Waals surface area (Å²) in [6.07, 6.45) is 4.14. The highest BCUT2D eigenvalue weighted by atomic mass is 16.5. The molecule has 0 aliphatic carbocycles. The molecule has 0 aromatic carbocycles. The fourth-order valence-electron chi connectivity index (χ4n) is 2.68. The van der Waals surface area contributed by atoms with Crippen molar-refractivity contribution in [2.75, 3.05) is 39.3 Å². The highest BCUT2D eigenvalue weighted by Crippen LogP contribution is 2.09. The molecule has 1 amide bonds. The molecule has 0 spiro atoms. The molecule has 8 heteroatoms. The third-order valence-corrected chi connectivity index (χ3v) is 3.89. The van der Waals surface area contributed by atoms with Crippen molar-refractivity contribution in [3.63, 3.8) is 0 Å². The minimum Gasteiger partial charge on any atom is -0.374 e. The number of hydrogen-bond acceptors (Lipinski definition) is 6. The van der Waals surface area contributed by atoms with Gasteiger partial charge in [0, 0.05) is 32.3 Å². The van der Waals surface area contributed by atoms with E-state index in [0.29, 0.717) is 26.1 Å². The van der Waals surface area contributed by atoms with E-state index in [4.69, 9.17) is 15.3 Å². The molecule has 1 aromatic heterocycles. The summed E-state index contributed by atoms with van der Waals surface area (Å²) in [5.74, 6) is -0.163. The molecule has 1 saturated heterocycles. The van der Waals surface area contributed by atoms with Crippen molar-refractivity contribution in [1.29, 1.82) is 10.5 Å². The number of ether oxygens (including phenoxy) is 1. The first kappa shape index (κ1) is 17.9. The molecule has 8 nitrogen and oxygen atoms in total. The number of morpholine rings is 1. The van der Waals surface area contributed by atoms with Gasteiger partial charge in [-0.3, -0.25) is 14.4 Å². The maximum absolute atomic E-state index is 12.1. The van der Waals surface area contributed by atoms with Crippen LogP contribution in [0.3, 0.4) is 0 Å². The zero-order chi connectivity index (χ0) is 17.4. The third-order valence-electron chi connectivity index (χ3n) is 3.89. The van der Waals surface area contributed by atoms with Gasteiger partial charge in [0.1, 0.15) is 13.1 Å². The zero-order valence-corrected chi connectivity index (χ0v) is 13.9. The first-order valence-electron chi connectivity index (χ1n) is 7.97. The van der Waals surface area contributed by atoms with E-state index in [0.717, 1.165) is 18.7 Å². The SMILES string of the molecule is Cc1cnn(C[C@@H]2CN(CCC(=O)N(CC#N)CC#N)CCO2)c1. The number of nitrogens with zero attached hydrogens (tertiary/aromatic N) is 6. The number of aromatic nitrogens is 2. The predicted molar refractivity (Wildman–Crippen MR) is 85.6 cm³/mol. The zero-order valence-electron chi connectivity index (χ0n) is 13.9. The lowest BCUT2D eigenvalue weighted by Crippen LogP contribution is -2.45. The Kier molecular flexibility index (Phi) is 6.74. The minimum absolute atomic E-state index is 0.0440. The van der Waals surface area contributed by atoms with Crippen LogP contribution in [-0.4, -0.2) is 70.9 Å². The second-order valence-electron chi connectivity index (χ2n) is 5.85. The number of amides is 1. The van der Waals surface area contributed by atoms with Crippen LogP contribution >= 0.6 is 0 Å². The number of rotatable bonds is 7. The van der Waals surface area contributed by atoms with Gasteiger partial charge in [0.25, 0.3) is 0 Å². The topological polar surface area (TPSA) is 98.2 Å². The van der Waals surface area contributed by atoms with Crippen molar-refractivity contribution < 1.29 is 9.53 Å². The highest BCUT2D eigenvalue weighted by molar-refractivity contribution is 5.76. The number of hydrogen-bond donors (Lipinski definition) is 0. The van der Waals surface area contributed by atoms with Gasteiger partial charge >= 0.3 is 0 Å². The van der Waals surface area contributed by atoms with Gasteiger partial charge < -0.3 is 9.64 Å². The summed E-state index contributed by atoms with van der Waals surface area (Å²) in [6, 6.07) is 3.84. The van der Waals surface area contributed by atoms with Gasteiger partial charge in [0.15, 0.2) is 0 Å². The average molecular weight is 330 g/mol. The van der Waals surface area contributed by atoms with Crippen LogP contribution in [0.15, 0.2) is 12.4 Å². The van der Waals surface area contributed by atoms with E-state index in [1.807, 2.05) is 36.1 Å². The molecule has 2 heterocycles. The minimum atomic E-state index is -0.163. The Balaban J connectivity index is 1.79. The Bertz CT molecular complexity index is 613. The fraction of sp³-hybridized carbons (Fsp3) is 0.625. The van der Waals surface area contributed by atoms with Crippen LogP contribution in [0.4, 0.5) is 0 Å². The molecule has 1 aliphatic heterocycles. The number of carbonyl (C=O) groups is 1. The molecule has 1 fully saturated rings. The highest BCUT2D eigenvalue weighted by Gasteiger charge is 2.22. The van der Waals surface area contributed by atoms with Crippen molar-refractivity contribution in [2.45, 2.75) is 26.0 Å². The van der Waals surface area contributed by atoms with Crippen LogP contribution in [-0.2, 0) is 16.1 Å². The quantitative estimate of drug-likeness (QED) is 0.660. The summed E-state index contributed by atoms with van der Waals surface area (Å²) in [5, 5.41) is 21.7. The van der Waals surface area contributed by atoms with Crippen molar-refractivity contribution in [3.05, 3.63) is 18.0 Å². The molecule has 1 atom stereocenters. The summed E-state index contributed by atoms with van der Waals surface area (Å²) in [5.41, 5.74) is 1.11. The maximum Gasteiger partial charge on any atom is 0.225 e. The summed E-state index contributed by atoms with van der Waals surface area (Å²) < 4.78 is 7.64. The molecule has 0 saturated carbocycles. The fourth-order valence-corrected chi connectivity index (χ4v) is 2.68. The van der Waals surface area contributed by atoms with Crippen molar-refractivity contribution in [1.82, 2.24) is 19.6 Å². The maximum atomic E-state index is 12.1. The van der Waals surface area contributed by atoms with Gasteiger partial charge in [-0.2, -0.15) is 15.6 Å². The Morgan fingerprint density at radius 3 is 2.83 bits per heavy atom. The van der Waals surface area contributed by atoms with Crippen LogP contribution < -0.4 is 0 Å². The van der Waals surface area contributed by atoms with Gasteiger partial charge in [-0.05, 0) is 12.5 Å². The Morgan fingerprint density at radius 1 is 1.46 bits per heavy atom. The summed E-state index contributed by atoms with van der Waals surface area (Å²) >= 11 is 0. The molecule has 0 N–H and O–H groups in total. The Labute approximate surface area is 141 Å². The molecule has 1 aliphatic rings. The van der Waals surface area contributed by atoms with Crippen LogP contribution in [0.5, 0.6) is 0 Å². The first-order valence-corrected chi connectivity index (χ1v) is 7.97. The van der Waals surface area contributed by atoms with Crippen molar-refractivity contribution in [3.8, 4) is 12.1 Å². The summed E-state index contributed by atoms with van der Waals surface area (Å²) in [7, 11) is 0. The van der Waals surface area contributed by atoms with Crippen LogP contribution in [0.1, 0.15) is 12.0 Å². The molecule has 0 unspecified atom stereocenters. The van der Waals surface area contributed by atoms with E-state index in [-0.39, 0.29) is 25.1 Å². The lowest BCUT2D eigenvalue weighted by Gasteiger charge is -2.33. The van der Waals surface area contributed by atoms with Gasteiger partial charge in [0.05, 0.1) is 37.6 Å². The average Bonchev–Trinajstić information content (AvgIpc) is 2.97. The van der Waals surface area contributed by atoms with E-state index in [1.54, 1.807) is 0 Å². The molecular formula is C16H22N6O2. The van der Waals surface area contributed by atoms with Gasteiger partial charge in [-0.1, -0.05) is 0 Å². The Morgan fingerprint density at radius 2 is 2.21 bits per heavy atom. The molecule has 2 rings (SSSR count). The molecule has 24 heavy (non-hydrogen) atoms. The number of aryl methyl sites for hydroxylation is 1. The second-order valence-corrected chi connectivity index (χ2v) is 5.85. The largest absolute Gasteiger partial charge is 0.374 e. The molecule has 128 valence electrons. The first-order chi connectivity index (χ1) is 11.6. The number of carbonyl (C=O) groups excluding carboxylic acids is 1. The monoisotopic (exact) mass is 330 g/mol. The molecule has 0 bridgehead atoms. The predicted octanol–water partition coefficient (Wildman–Crippen LogP) is 0.158. The number of nitriles is 2. The van der Waals surface area contributed by atoms with E-state index in [1.165, 1.54) is 4.90 Å². The van der Waals surface area contributed by atoms with Crippen LogP contribution in [0.25, 0.3) is 0 Å².